The van der Waals surface area contributed by atoms with E-state index in [1.165, 1.54) is 38.5 Å². The van der Waals surface area contributed by atoms with Gasteiger partial charge in [0.15, 0.2) is 0 Å². The van der Waals surface area contributed by atoms with Gasteiger partial charge < -0.3 is 10.2 Å². The molecular formula is C18H29FN2. The van der Waals surface area contributed by atoms with Gasteiger partial charge in [0.2, 0.25) is 0 Å². The summed E-state index contributed by atoms with van der Waals surface area (Å²) in [7, 11) is 2.04. The fourth-order valence-corrected chi connectivity index (χ4v) is 3.34. The maximum atomic E-state index is 14.5. The van der Waals surface area contributed by atoms with Crippen LogP contribution in [0.15, 0.2) is 18.2 Å². The van der Waals surface area contributed by atoms with Crippen molar-refractivity contribution in [2.75, 3.05) is 18.5 Å². The molecule has 1 aromatic carbocycles. The van der Waals surface area contributed by atoms with Crippen LogP contribution in [0, 0.1) is 5.82 Å². The molecule has 0 aromatic heterocycles. The number of benzene rings is 1. The molecule has 1 atom stereocenters. The first-order valence-corrected chi connectivity index (χ1v) is 8.39. The molecule has 3 heteroatoms. The molecule has 0 bridgehead atoms. The van der Waals surface area contributed by atoms with E-state index in [1.54, 1.807) is 6.07 Å². The second-order valence-electron chi connectivity index (χ2n) is 6.25. The van der Waals surface area contributed by atoms with Crippen LogP contribution in [0.25, 0.3) is 0 Å². The zero-order valence-electron chi connectivity index (χ0n) is 13.7. The molecule has 2 nitrogen and oxygen atoms in total. The third-order valence-corrected chi connectivity index (χ3v) is 4.73. The highest BCUT2D eigenvalue weighted by atomic mass is 19.1. The van der Waals surface area contributed by atoms with Gasteiger partial charge in [0, 0.05) is 19.1 Å². The van der Waals surface area contributed by atoms with Gasteiger partial charge in [-0.25, -0.2) is 4.39 Å². The zero-order valence-corrected chi connectivity index (χ0v) is 13.7. The molecule has 21 heavy (non-hydrogen) atoms. The number of anilines is 1. The fourth-order valence-electron chi connectivity index (χ4n) is 3.34. The normalized spacial score (nSPS) is 18.3. The minimum absolute atomic E-state index is 0.0935. The molecule has 2 rings (SSSR count). The molecular weight excluding hydrogens is 263 g/mol. The van der Waals surface area contributed by atoms with Crippen LogP contribution in [0.4, 0.5) is 10.1 Å². The molecule has 0 amide bonds. The lowest BCUT2D eigenvalue weighted by Gasteiger charge is -2.30. The Labute approximate surface area is 128 Å². The van der Waals surface area contributed by atoms with E-state index in [0.29, 0.717) is 6.04 Å². The van der Waals surface area contributed by atoms with Crippen LogP contribution >= 0.6 is 0 Å². The summed E-state index contributed by atoms with van der Waals surface area (Å²) in [5.74, 6) is -0.0935. The summed E-state index contributed by atoms with van der Waals surface area (Å²) >= 11 is 0. The van der Waals surface area contributed by atoms with Crippen molar-refractivity contribution in [1.82, 2.24) is 5.32 Å². The standard InChI is InChI=1S/C18H29FN2/c1-4-20-14(2)15-11-12-18(17(19)13-15)21(3)16-9-7-5-6-8-10-16/h11-14,16,20H,4-10H2,1-3H3. The van der Waals surface area contributed by atoms with Gasteiger partial charge in [0.05, 0.1) is 5.69 Å². The summed E-state index contributed by atoms with van der Waals surface area (Å²) < 4.78 is 14.5. The van der Waals surface area contributed by atoms with Crippen LogP contribution in [0.3, 0.4) is 0 Å². The molecule has 1 fully saturated rings. The molecule has 0 aliphatic heterocycles. The third-order valence-electron chi connectivity index (χ3n) is 4.73. The van der Waals surface area contributed by atoms with Crippen molar-refractivity contribution in [2.45, 2.75) is 64.5 Å². The molecule has 1 N–H and O–H groups in total. The van der Waals surface area contributed by atoms with Gasteiger partial charge >= 0.3 is 0 Å². The minimum atomic E-state index is -0.0935. The van der Waals surface area contributed by atoms with Gasteiger partial charge in [-0.3, -0.25) is 0 Å². The average Bonchev–Trinajstić information content (AvgIpc) is 2.75. The second-order valence-corrected chi connectivity index (χ2v) is 6.25. The van der Waals surface area contributed by atoms with E-state index < -0.39 is 0 Å². The fraction of sp³-hybridized carbons (Fsp3) is 0.667. The quantitative estimate of drug-likeness (QED) is 0.794. The largest absolute Gasteiger partial charge is 0.369 e. The zero-order chi connectivity index (χ0) is 15.2. The molecule has 1 aliphatic rings. The van der Waals surface area contributed by atoms with Gasteiger partial charge in [-0.15, -0.1) is 0 Å². The van der Waals surface area contributed by atoms with Crippen molar-refractivity contribution in [2.24, 2.45) is 0 Å². The Balaban J connectivity index is 2.11. The van der Waals surface area contributed by atoms with Crippen molar-refractivity contribution >= 4 is 5.69 Å². The number of halogens is 1. The first kappa shape index (κ1) is 16.3. The van der Waals surface area contributed by atoms with Crippen LogP contribution in [0.5, 0.6) is 0 Å². The SMILES string of the molecule is CCNC(C)c1ccc(N(C)C2CCCCCC2)c(F)c1. The number of nitrogens with zero attached hydrogens (tertiary/aromatic N) is 1. The lowest BCUT2D eigenvalue weighted by Crippen LogP contribution is -2.31. The van der Waals surface area contributed by atoms with Crippen LogP contribution in [-0.4, -0.2) is 19.6 Å². The van der Waals surface area contributed by atoms with E-state index in [2.05, 4.69) is 30.1 Å². The van der Waals surface area contributed by atoms with Gasteiger partial charge in [0.1, 0.15) is 5.82 Å². The predicted molar refractivity (Wildman–Crippen MR) is 88.4 cm³/mol. The molecule has 1 saturated carbocycles. The Morgan fingerprint density at radius 1 is 1.24 bits per heavy atom. The summed E-state index contributed by atoms with van der Waals surface area (Å²) in [5, 5.41) is 3.33. The van der Waals surface area contributed by atoms with Crippen molar-refractivity contribution in [3.63, 3.8) is 0 Å². The Morgan fingerprint density at radius 2 is 1.90 bits per heavy atom. The predicted octanol–water partition coefficient (Wildman–Crippen LogP) is 4.66. The number of hydrogen-bond acceptors (Lipinski definition) is 2. The first-order valence-electron chi connectivity index (χ1n) is 8.39. The highest BCUT2D eigenvalue weighted by Crippen LogP contribution is 2.28. The van der Waals surface area contributed by atoms with E-state index >= 15 is 0 Å². The molecule has 0 radical (unpaired) electrons. The molecule has 1 unspecified atom stereocenters. The molecule has 118 valence electrons. The molecule has 1 aromatic rings. The van der Waals surface area contributed by atoms with E-state index in [1.807, 2.05) is 13.1 Å². The maximum Gasteiger partial charge on any atom is 0.146 e. The lowest BCUT2D eigenvalue weighted by molar-refractivity contribution is 0.535. The molecule has 0 saturated heterocycles. The number of nitrogens with one attached hydrogen (secondary N) is 1. The maximum absolute atomic E-state index is 14.5. The Morgan fingerprint density at radius 3 is 2.48 bits per heavy atom. The van der Waals surface area contributed by atoms with Gasteiger partial charge in [-0.05, 0) is 44.0 Å². The number of rotatable bonds is 5. The van der Waals surface area contributed by atoms with E-state index in [-0.39, 0.29) is 11.9 Å². The van der Waals surface area contributed by atoms with E-state index in [9.17, 15) is 4.39 Å². The van der Waals surface area contributed by atoms with Crippen LogP contribution in [-0.2, 0) is 0 Å². The minimum Gasteiger partial charge on any atom is -0.369 e. The van der Waals surface area contributed by atoms with Gasteiger partial charge in [-0.2, -0.15) is 0 Å². The van der Waals surface area contributed by atoms with Crippen molar-refractivity contribution < 1.29 is 4.39 Å². The Hall–Kier alpha value is -1.09. The van der Waals surface area contributed by atoms with Crippen molar-refractivity contribution in [3.8, 4) is 0 Å². The van der Waals surface area contributed by atoms with Gasteiger partial charge in [0.25, 0.3) is 0 Å². The summed E-state index contributed by atoms with van der Waals surface area (Å²) in [6, 6.07) is 6.37. The lowest BCUT2D eigenvalue weighted by atomic mass is 10.0. The van der Waals surface area contributed by atoms with Gasteiger partial charge in [-0.1, -0.05) is 38.7 Å². The van der Waals surface area contributed by atoms with E-state index in [0.717, 1.165) is 17.8 Å². The second kappa shape index (κ2) is 7.79. The summed E-state index contributed by atoms with van der Waals surface area (Å²) in [6.45, 7) is 5.04. The smallest absolute Gasteiger partial charge is 0.146 e. The highest BCUT2D eigenvalue weighted by Gasteiger charge is 2.20. The van der Waals surface area contributed by atoms with Crippen LogP contribution in [0.1, 0.15) is 64.0 Å². The summed E-state index contributed by atoms with van der Waals surface area (Å²) in [6.07, 6.45) is 7.56. The molecule has 1 aliphatic carbocycles. The van der Waals surface area contributed by atoms with Crippen LogP contribution in [0.2, 0.25) is 0 Å². The topological polar surface area (TPSA) is 15.3 Å². The van der Waals surface area contributed by atoms with E-state index in [4.69, 9.17) is 0 Å². The van der Waals surface area contributed by atoms with Crippen molar-refractivity contribution in [3.05, 3.63) is 29.6 Å². The first-order chi connectivity index (χ1) is 10.1. The third kappa shape index (κ3) is 4.19. The van der Waals surface area contributed by atoms with Crippen LogP contribution < -0.4 is 10.2 Å². The molecule has 0 spiro atoms. The highest BCUT2D eigenvalue weighted by molar-refractivity contribution is 5.49. The summed E-state index contributed by atoms with van der Waals surface area (Å²) in [4.78, 5) is 2.16. The number of hydrogen-bond donors (Lipinski definition) is 1. The molecule has 0 heterocycles. The summed E-state index contributed by atoms with van der Waals surface area (Å²) in [5.41, 5.74) is 1.77. The Bertz CT molecular complexity index is 439. The Kier molecular flexibility index (Phi) is 6.04. The van der Waals surface area contributed by atoms with Crippen molar-refractivity contribution in [1.29, 1.82) is 0 Å². The monoisotopic (exact) mass is 292 g/mol. The average molecular weight is 292 g/mol.